The van der Waals surface area contributed by atoms with Gasteiger partial charge in [-0.25, -0.2) is 4.79 Å². The second kappa shape index (κ2) is 15.7. The Morgan fingerprint density at radius 1 is 0.682 bits per heavy atom. The summed E-state index contributed by atoms with van der Waals surface area (Å²) in [7, 11) is 0. The molecule has 0 saturated heterocycles. The molecule has 0 bridgehead atoms. The van der Waals surface area contributed by atoms with Crippen molar-refractivity contribution < 1.29 is 43.2 Å². The first-order valence-corrected chi connectivity index (χ1v) is 13.7. The van der Waals surface area contributed by atoms with Crippen LogP contribution in [0.1, 0.15) is 52.7 Å². The van der Waals surface area contributed by atoms with Crippen molar-refractivity contribution in [2.75, 3.05) is 26.2 Å². The van der Waals surface area contributed by atoms with E-state index >= 15 is 0 Å². The van der Waals surface area contributed by atoms with Gasteiger partial charge in [-0.1, -0.05) is 0 Å². The average molecular weight is 619 g/mol. The highest BCUT2D eigenvalue weighted by Gasteiger charge is 2.20. The zero-order chi connectivity index (χ0) is 33.1. The molecule has 2 N–H and O–H groups in total. The van der Waals surface area contributed by atoms with Gasteiger partial charge in [-0.15, -0.1) is 0 Å². The standard InChI is InChI=1S/C29H38N4O11/c1-28(2,3)43-25(34)17-30-13-11-19-15-21(32(37)38)7-9-23(19)41-27(36)42-24-10-8-22(33(39)40)16-20(24)12-14-31-18-26(35)44-29(4,5)6/h7-10,15-16,30-31H,11-14,17-18H2,1-6H3. The molecule has 0 heterocycles. The lowest BCUT2D eigenvalue weighted by molar-refractivity contribution is -0.385. The summed E-state index contributed by atoms with van der Waals surface area (Å²) < 4.78 is 21.1. The minimum absolute atomic E-state index is 0.0119. The summed E-state index contributed by atoms with van der Waals surface area (Å²) in [5, 5.41) is 28.4. The topological polar surface area (TPSA) is 198 Å². The van der Waals surface area contributed by atoms with E-state index in [-0.39, 0.29) is 61.9 Å². The number of hydrogen-bond donors (Lipinski definition) is 2. The Morgan fingerprint density at radius 3 is 1.36 bits per heavy atom. The lowest BCUT2D eigenvalue weighted by Gasteiger charge is -2.19. The Hall–Kier alpha value is -4.63. The van der Waals surface area contributed by atoms with Crippen molar-refractivity contribution in [3.05, 3.63) is 67.8 Å². The third-order valence-corrected chi connectivity index (χ3v) is 5.42. The van der Waals surface area contributed by atoms with Crippen LogP contribution in [-0.2, 0) is 31.9 Å². The molecule has 0 amide bonds. The molecule has 2 aromatic carbocycles. The van der Waals surface area contributed by atoms with Crippen molar-refractivity contribution in [1.29, 1.82) is 0 Å². The molecule has 0 saturated carbocycles. The van der Waals surface area contributed by atoms with Crippen LogP contribution in [0.4, 0.5) is 16.2 Å². The summed E-state index contributed by atoms with van der Waals surface area (Å²) in [5.41, 5.74) is -1.18. The zero-order valence-electron chi connectivity index (χ0n) is 25.6. The van der Waals surface area contributed by atoms with Crippen molar-refractivity contribution >= 4 is 29.5 Å². The van der Waals surface area contributed by atoms with E-state index in [1.54, 1.807) is 41.5 Å². The number of rotatable bonds is 14. The van der Waals surface area contributed by atoms with E-state index in [0.717, 1.165) is 12.1 Å². The summed E-state index contributed by atoms with van der Waals surface area (Å²) >= 11 is 0. The lowest BCUT2D eigenvalue weighted by atomic mass is 10.1. The van der Waals surface area contributed by atoms with Crippen LogP contribution in [0.2, 0.25) is 0 Å². The second-order valence-corrected chi connectivity index (χ2v) is 11.6. The summed E-state index contributed by atoms with van der Waals surface area (Å²) in [6, 6.07) is 7.30. The highest BCUT2D eigenvalue weighted by Crippen LogP contribution is 2.28. The molecule has 240 valence electrons. The smallest absolute Gasteiger partial charge is 0.459 e. The van der Waals surface area contributed by atoms with Gasteiger partial charge in [0.2, 0.25) is 0 Å². The molecule has 0 aliphatic carbocycles. The maximum Gasteiger partial charge on any atom is 0.519 e. The maximum absolute atomic E-state index is 12.8. The number of esters is 2. The Labute approximate surface area is 254 Å². The monoisotopic (exact) mass is 618 g/mol. The van der Waals surface area contributed by atoms with Gasteiger partial charge in [0.1, 0.15) is 22.7 Å². The van der Waals surface area contributed by atoms with Crippen LogP contribution in [0.25, 0.3) is 0 Å². The van der Waals surface area contributed by atoms with Crippen LogP contribution in [-0.4, -0.2) is 65.3 Å². The summed E-state index contributed by atoms with van der Waals surface area (Å²) in [4.78, 5) is 58.1. The lowest BCUT2D eigenvalue weighted by Crippen LogP contribution is -2.32. The minimum atomic E-state index is -1.18. The number of non-ortho nitro benzene ring substituents is 2. The number of nitrogens with one attached hydrogen (secondary N) is 2. The Kier molecular flexibility index (Phi) is 12.7. The molecule has 0 spiro atoms. The molecular formula is C29H38N4O11. The number of nitro benzene ring substituents is 2. The first-order valence-electron chi connectivity index (χ1n) is 13.7. The number of nitrogens with zero attached hydrogens (tertiary/aromatic N) is 2. The van der Waals surface area contributed by atoms with Crippen molar-refractivity contribution in [2.45, 2.75) is 65.6 Å². The van der Waals surface area contributed by atoms with Gasteiger partial charge in [0, 0.05) is 35.4 Å². The molecule has 0 radical (unpaired) electrons. The molecule has 0 aliphatic heterocycles. The predicted molar refractivity (Wildman–Crippen MR) is 158 cm³/mol. The van der Waals surface area contributed by atoms with Gasteiger partial charge in [-0.3, -0.25) is 29.8 Å². The Morgan fingerprint density at radius 2 is 1.05 bits per heavy atom. The molecule has 44 heavy (non-hydrogen) atoms. The summed E-state index contributed by atoms with van der Waals surface area (Å²) in [6.45, 7) is 10.6. The summed E-state index contributed by atoms with van der Waals surface area (Å²) in [6.07, 6.45) is -0.878. The van der Waals surface area contributed by atoms with Gasteiger partial charge in [0.25, 0.3) is 11.4 Å². The van der Waals surface area contributed by atoms with Crippen molar-refractivity contribution in [2.24, 2.45) is 0 Å². The normalized spacial score (nSPS) is 11.4. The van der Waals surface area contributed by atoms with Crippen molar-refractivity contribution in [1.82, 2.24) is 10.6 Å². The van der Waals surface area contributed by atoms with Crippen LogP contribution in [0.5, 0.6) is 11.5 Å². The van der Waals surface area contributed by atoms with E-state index in [9.17, 15) is 34.6 Å². The number of benzene rings is 2. The second-order valence-electron chi connectivity index (χ2n) is 11.6. The van der Waals surface area contributed by atoms with Gasteiger partial charge in [0.15, 0.2) is 0 Å². The molecule has 15 heteroatoms. The van der Waals surface area contributed by atoms with Crippen LogP contribution < -0.4 is 20.1 Å². The van der Waals surface area contributed by atoms with Crippen LogP contribution >= 0.6 is 0 Å². The molecule has 0 aromatic heterocycles. The molecule has 15 nitrogen and oxygen atoms in total. The molecule has 0 aliphatic rings. The molecule has 0 fully saturated rings. The van der Waals surface area contributed by atoms with E-state index in [2.05, 4.69) is 10.6 Å². The number of carbonyl (C=O) groups excluding carboxylic acids is 3. The molecule has 2 rings (SSSR count). The first-order chi connectivity index (χ1) is 20.4. The number of nitro groups is 2. The van der Waals surface area contributed by atoms with Gasteiger partial charge in [-0.2, -0.15) is 0 Å². The summed E-state index contributed by atoms with van der Waals surface area (Å²) in [5.74, 6) is -0.976. The third-order valence-electron chi connectivity index (χ3n) is 5.42. The van der Waals surface area contributed by atoms with Crippen LogP contribution in [0.3, 0.4) is 0 Å². The van der Waals surface area contributed by atoms with Crippen LogP contribution in [0, 0.1) is 20.2 Å². The maximum atomic E-state index is 12.8. The van der Waals surface area contributed by atoms with Crippen molar-refractivity contribution in [3.8, 4) is 11.5 Å². The fraction of sp³-hybridized carbons (Fsp3) is 0.483. The van der Waals surface area contributed by atoms with E-state index in [1.165, 1.54) is 24.3 Å². The fourth-order valence-electron chi connectivity index (χ4n) is 3.73. The number of hydrogen-bond acceptors (Lipinski definition) is 13. The fourth-order valence-corrected chi connectivity index (χ4v) is 3.73. The van der Waals surface area contributed by atoms with E-state index in [4.69, 9.17) is 18.9 Å². The molecule has 2 aromatic rings. The SMILES string of the molecule is CC(C)(C)OC(=O)CNCCc1cc([N+](=O)[O-])ccc1OC(=O)Oc1ccc([N+](=O)[O-])cc1CCNCC(=O)OC(C)(C)C. The molecular weight excluding hydrogens is 580 g/mol. The van der Waals surface area contributed by atoms with Gasteiger partial charge < -0.3 is 29.6 Å². The van der Waals surface area contributed by atoms with Gasteiger partial charge in [-0.05, 0) is 79.6 Å². The highest BCUT2D eigenvalue weighted by atomic mass is 16.7. The minimum Gasteiger partial charge on any atom is -0.459 e. The average Bonchev–Trinajstić information content (AvgIpc) is 2.88. The van der Waals surface area contributed by atoms with Gasteiger partial charge >= 0.3 is 18.1 Å². The van der Waals surface area contributed by atoms with Crippen LogP contribution in [0.15, 0.2) is 36.4 Å². The van der Waals surface area contributed by atoms with E-state index in [0.29, 0.717) is 11.1 Å². The van der Waals surface area contributed by atoms with Gasteiger partial charge in [0.05, 0.1) is 22.9 Å². The zero-order valence-corrected chi connectivity index (χ0v) is 25.6. The largest absolute Gasteiger partial charge is 0.519 e. The molecule has 0 atom stereocenters. The first kappa shape index (κ1) is 35.6. The Bertz CT molecular complexity index is 1260. The predicted octanol–water partition coefficient (Wildman–Crippen LogP) is 4.03. The van der Waals surface area contributed by atoms with E-state index in [1.807, 2.05) is 0 Å². The molecule has 0 unspecified atom stereocenters. The third kappa shape index (κ3) is 13.1. The number of carbonyl (C=O) groups is 3. The van der Waals surface area contributed by atoms with E-state index < -0.39 is 39.1 Å². The Balaban J connectivity index is 2.10. The quantitative estimate of drug-likeness (QED) is 0.101. The van der Waals surface area contributed by atoms with Crippen molar-refractivity contribution in [3.63, 3.8) is 0 Å². The highest BCUT2D eigenvalue weighted by molar-refractivity contribution is 5.72. The number of ether oxygens (including phenoxy) is 4.